The van der Waals surface area contributed by atoms with Crippen LogP contribution in [0.5, 0.6) is 5.75 Å². The molecule has 0 N–H and O–H groups in total. The zero-order chi connectivity index (χ0) is 13.8. The SMILES string of the molecule is COc1ccc([N+](=O)[O-])cc1C(=O)c1ccccc1. The number of non-ortho nitro benzene ring substituents is 1. The number of rotatable bonds is 4. The van der Waals surface area contributed by atoms with E-state index in [1.807, 2.05) is 0 Å². The van der Waals surface area contributed by atoms with Crippen molar-refractivity contribution in [1.29, 1.82) is 0 Å². The smallest absolute Gasteiger partial charge is 0.270 e. The molecule has 2 rings (SSSR count). The Morgan fingerprint density at radius 3 is 2.42 bits per heavy atom. The highest BCUT2D eigenvalue weighted by Crippen LogP contribution is 2.26. The zero-order valence-electron chi connectivity index (χ0n) is 10.2. The van der Waals surface area contributed by atoms with Crippen LogP contribution in [0.4, 0.5) is 5.69 Å². The fourth-order valence-corrected chi connectivity index (χ4v) is 1.73. The molecule has 0 bridgehead atoms. The Bertz CT molecular complexity index is 623. The summed E-state index contributed by atoms with van der Waals surface area (Å²) in [5.74, 6) is 0.0144. The number of ether oxygens (including phenoxy) is 1. The van der Waals surface area contributed by atoms with E-state index in [1.54, 1.807) is 30.3 Å². The number of nitro benzene ring substituents is 1. The van der Waals surface area contributed by atoms with Crippen molar-refractivity contribution in [3.63, 3.8) is 0 Å². The Morgan fingerprint density at radius 1 is 1.16 bits per heavy atom. The number of ketones is 1. The van der Waals surface area contributed by atoms with E-state index in [0.29, 0.717) is 11.3 Å². The molecule has 0 aliphatic heterocycles. The van der Waals surface area contributed by atoms with E-state index in [9.17, 15) is 14.9 Å². The predicted octanol–water partition coefficient (Wildman–Crippen LogP) is 2.83. The van der Waals surface area contributed by atoms with Gasteiger partial charge in [0.25, 0.3) is 5.69 Å². The van der Waals surface area contributed by atoms with Crippen LogP contribution in [0.1, 0.15) is 15.9 Å². The average molecular weight is 257 g/mol. The lowest BCUT2D eigenvalue weighted by molar-refractivity contribution is -0.384. The summed E-state index contributed by atoms with van der Waals surface area (Å²) in [5.41, 5.74) is 0.504. The van der Waals surface area contributed by atoms with Gasteiger partial charge in [-0.2, -0.15) is 0 Å². The van der Waals surface area contributed by atoms with Crippen molar-refractivity contribution in [2.75, 3.05) is 7.11 Å². The summed E-state index contributed by atoms with van der Waals surface area (Å²) in [6, 6.07) is 12.5. The molecule has 0 aliphatic rings. The number of methoxy groups -OCH3 is 1. The monoisotopic (exact) mass is 257 g/mol. The lowest BCUT2D eigenvalue weighted by Gasteiger charge is -2.07. The number of hydrogen-bond donors (Lipinski definition) is 0. The van der Waals surface area contributed by atoms with Gasteiger partial charge in [-0.25, -0.2) is 0 Å². The minimum Gasteiger partial charge on any atom is -0.496 e. The highest BCUT2D eigenvalue weighted by molar-refractivity contribution is 6.11. The lowest BCUT2D eigenvalue weighted by atomic mass is 10.0. The quantitative estimate of drug-likeness (QED) is 0.479. The molecule has 0 aliphatic carbocycles. The molecule has 0 saturated heterocycles. The van der Waals surface area contributed by atoms with Crippen molar-refractivity contribution in [3.8, 4) is 5.75 Å². The predicted molar refractivity (Wildman–Crippen MR) is 69.5 cm³/mol. The second kappa shape index (κ2) is 5.30. The van der Waals surface area contributed by atoms with Gasteiger partial charge >= 0.3 is 0 Å². The van der Waals surface area contributed by atoms with Crippen LogP contribution in [0.3, 0.4) is 0 Å². The Hall–Kier alpha value is -2.69. The van der Waals surface area contributed by atoms with Crippen molar-refractivity contribution in [1.82, 2.24) is 0 Å². The van der Waals surface area contributed by atoms with Gasteiger partial charge in [-0.05, 0) is 6.07 Å². The highest BCUT2D eigenvalue weighted by atomic mass is 16.6. The molecule has 0 atom stereocenters. The van der Waals surface area contributed by atoms with Gasteiger partial charge in [0.15, 0.2) is 5.78 Å². The van der Waals surface area contributed by atoms with Gasteiger partial charge in [0.1, 0.15) is 5.75 Å². The van der Waals surface area contributed by atoms with Crippen LogP contribution in [-0.4, -0.2) is 17.8 Å². The second-order valence-electron chi connectivity index (χ2n) is 3.84. The number of benzene rings is 2. The van der Waals surface area contributed by atoms with E-state index < -0.39 is 4.92 Å². The van der Waals surface area contributed by atoms with E-state index in [1.165, 1.54) is 25.3 Å². The van der Waals surface area contributed by atoms with Crippen molar-refractivity contribution in [2.45, 2.75) is 0 Å². The number of nitro groups is 1. The zero-order valence-corrected chi connectivity index (χ0v) is 10.2. The number of carbonyl (C=O) groups excluding carboxylic acids is 1. The molecule has 5 heteroatoms. The molecule has 0 unspecified atom stereocenters. The van der Waals surface area contributed by atoms with E-state index in [0.717, 1.165) is 0 Å². The summed E-state index contributed by atoms with van der Waals surface area (Å²) in [7, 11) is 1.42. The number of nitrogens with zero attached hydrogens (tertiary/aromatic N) is 1. The summed E-state index contributed by atoms with van der Waals surface area (Å²) < 4.78 is 5.08. The number of hydrogen-bond acceptors (Lipinski definition) is 4. The highest BCUT2D eigenvalue weighted by Gasteiger charge is 2.18. The maximum absolute atomic E-state index is 12.3. The maximum atomic E-state index is 12.3. The molecular formula is C14H11NO4. The largest absolute Gasteiger partial charge is 0.496 e. The normalized spacial score (nSPS) is 9.95. The summed E-state index contributed by atoms with van der Waals surface area (Å²) in [6.07, 6.45) is 0. The van der Waals surface area contributed by atoms with Crippen LogP contribution in [0.15, 0.2) is 48.5 Å². The molecule has 0 amide bonds. The Balaban J connectivity index is 2.51. The molecular weight excluding hydrogens is 246 g/mol. The Kier molecular flexibility index (Phi) is 3.56. The first-order valence-electron chi connectivity index (χ1n) is 5.55. The minimum atomic E-state index is -0.540. The standard InChI is InChI=1S/C14H11NO4/c1-19-13-8-7-11(15(17)18)9-12(13)14(16)10-5-3-2-4-6-10/h2-9H,1H3. The molecule has 5 nitrogen and oxygen atoms in total. The average Bonchev–Trinajstić information content (AvgIpc) is 2.46. The topological polar surface area (TPSA) is 69.4 Å². The van der Waals surface area contributed by atoms with Crippen LogP contribution in [0.2, 0.25) is 0 Å². The molecule has 0 heterocycles. The van der Waals surface area contributed by atoms with Crippen molar-refractivity contribution in [2.24, 2.45) is 0 Å². The van der Waals surface area contributed by atoms with E-state index >= 15 is 0 Å². The van der Waals surface area contributed by atoms with Crippen LogP contribution < -0.4 is 4.74 Å². The van der Waals surface area contributed by atoms with Crippen molar-refractivity contribution >= 4 is 11.5 Å². The first-order valence-corrected chi connectivity index (χ1v) is 5.55. The summed E-state index contributed by atoms with van der Waals surface area (Å²) >= 11 is 0. The Morgan fingerprint density at radius 2 is 1.84 bits per heavy atom. The van der Waals surface area contributed by atoms with Gasteiger partial charge < -0.3 is 4.74 Å². The molecule has 0 spiro atoms. The van der Waals surface area contributed by atoms with E-state index in [4.69, 9.17) is 4.74 Å². The molecule has 96 valence electrons. The molecule has 19 heavy (non-hydrogen) atoms. The van der Waals surface area contributed by atoms with Crippen molar-refractivity contribution in [3.05, 3.63) is 69.8 Å². The lowest BCUT2D eigenvalue weighted by Crippen LogP contribution is -2.04. The van der Waals surface area contributed by atoms with Gasteiger partial charge in [-0.3, -0.25) is 14.9 Å². The summed E-state index contributed by atoms with van der Waals surface area (Å²) in [6.45, 7) is 0. The fourth-order valence-electron chi connectivity index (χ4n) is 1.73. The molecule has 0 radical (unpaired) electrons. The maximum Gasteiger partial charge on any atom is 0.270 e. The molecule has 0 saturated carbocycles. The Labute approximate surface area is 109 Å². The minimum absolute atomic E-state index is 0.139. The molecule has 0 fully saturated rings. The first kappa shape index (κ1) is 12.8. The van der Waals surface area contributed by atoms with E-state index in [2.05, 4.69) is 0 Å². The molecule has 2 aromatic rings. The van der Waals surface area contributed by atoms with Crippen LogP contribution in [-0.2, 0) is 0 Å². The van der Waals surface area contributed by atoms with Gasteiger partial charge in [0.2, 0.25) is 0 Å². The number of carbonyl (C=O) groups is 1. The van der Waals surface area contributed by atoms with Gasteiger partial charge in [-0.1, -0.05) is 30.3 Å². The van der Waals surface area contributed by atoms with Gasteiger partial charge in [0, 0.05) is 17.7 Å². The molecule has 2 aromatic carbocycles. The van der Waals surface area contributed by atoms with Crippen LogP contribution in [0.25, 0.3) is 0 Å². The van der Waals surface area contributed by atoms with E-state index in [-0.39, 0.29) is 17.0 Å². The van der Waals surface area contributed by atoms with Gasteiger partial charge in [-0.15, -0.1) is 0 Å². The van der Waals surface area contributed by atoms with Crippen LogP contribution >= 0.6 is 0 Å². The third kappa shape index (κ3) is 2.60. The van der Waals surface area contributed by atoms with Gasteiger partial charge in [0.05, 0.1) is 17.6 Å². The first-order chi connectivity index (χ1) is 9.13. The third-order valence-corrected chi connectivity index (χ3v) is 2.67. The fraction of sp³-hybridized carbons (Fsp3) is 0.0714. The third-order valence-electron chi connectivity index (χ3n) is 2.67. The molecule has 0 aromatic heterocycles. The van der Waals surface area contributed by atoms with Crippen LogP contribution in [0, 0.1) is 10.1 Å². The summed E-state index contributed by atoms with van der Waals surface area (Å²) in [5, 5.41) is 10.8. The summed E-state index contributed by atoms with van der Waals surface area (Å²) in [4.78, 5) is 22.5. The van der Waals surface area contributed by atoms with Crippen molar-refractivity contribution < 1.29 is 14.5 Å². The second-order valence-corrected chi connectivity index (χ2v) is 3.84.